The van der Waals surface area contributed by atoms with Gasteiger partial charge in [-0.1, -0.05) is 71.1 Å². The molecule has 0 aromatic carbocycles. The van der Waals surface area contributed by atoms with Crippen molar-refractivity contribution in [3.63, 3.8) is 0 Å². The summed E-state index contributed by atoms with van der Waals surface area (Å²) in [5, 5.41) is 33.1. The number of carbonyl (C=O) groups is 5. The highest BCUT2D eigenvalue weighted by atomic mass is 16.6. The molecule has 3 saturated heterocycles. The lowest BCUT2D eigenvalue weighted by atomic mass is 9.78. The molecule has 4 aliphatic heterocycles. The van der Waals surface area contributed by atoms with E-state index in [0.29, 0.717) is 83.4 Å². The number of allylic oxidation sites excluding steroid dienone is 6. The summed E-state index contributed by atoms with van der Waals surface area (Å²) in [6.45, 7) is 14.8. The van der Waals surface area contributed by atoms with E-state index < -0.39 is 77.8 Å². The molecule has 3 N–H and O–H groups in total. The molecule has 0 spiro atoms. The summed E-state index contributed by atoms with van der Waals surface area (Å²) in [5.74, 6) is -8.14. The maximum Gasteiger partial charge on any atom is 0.329 e. The smallest absolute Gasteiger partial charge is 0.329 e. The number of methoxy groups -OCH3 is 2. The third kappa shape index (κ3) is 17.8. The summed E-state index contributed by atoms with van der Waals surface area (Å²) in [6, 6.07) is -1.17. The largest absolute Gasteiger partial charge is 0.460 e. The van der Waals surface area contributed by atoms with Crippen molar-refractivity contribution in [3.05, 3.63) is 47.6 Å². The molecule has 1 aliphatic carbocycles. The zero-order chi connectivity index (χ0) is 54.8. The average Bonchev–Trinajstić information content (AvgIpc) is 3.40. The Hall–Kier alpha value is -3.49. The maximum absolute atomic E-state index is 14.6. The third-order valence-electron chi connectivity index (χ3n) is 16.2. The SMILES string of the molecule is CO[C@@H]1C[C@H](C[C@@H](C)[C@@H]2CC(=O)[C@H](C)/C=C(\C)[C@@H](O)[C@@H](OC)C(=O)[C@H](C)C[C@H](C)/C=C/C=C/C=C(\C)[C@H](OCC3COCCO3)C[C@@H]3CC[C@@H](C)[C@@](O)(O3)C(=O)C(=O)N3CCCC[C@H]3C(=O)O2)CC[C@H]1OCCCO. The fraction of sp³-hybridized carbons (Fsp3) is 0.776. The molecule has 75 heavy (non-hydrogen) atoms. The van der Waals surface area contributed by atoms with Crippen molar-refractivity contribution >= 4 is 29.2 Å². The number of piperidine rings is 1. The topological polar surface area (TPSA) is 223 Å². The highest BCUT2D eigenvalue weighted by Crippen LogP contribution is 2.38. The first kappa shape index (κ1) is 62.4. The quantitative estimate of drug-likeness (QED) is 0.0836. The van der Waals surface area contributed by atoms with E-state index in [1.807, 2.05) is 58.1 Å². The summed E-state index contributed by atoms with van der Waals surface area (Å²) in [7, 11) is 3.03. The summed E-state index contributed by atoms with van der Waals surface area (Å²) in [6.07, 6.45) is 12.0. The van der Waals surface area contributed by atoms with Gasteiger partial charge in [-0.05, 0) is 113 Å². The number of ether oxygens (including phenoxy) is 8. The Morgan fingerprint density at radius 2 is 1.64 bits per heavy atom. The zero-order valence-electron chi connectivity index (χ0n) is 46.4. The molecule has 17 nitrogen and oxygen atoms in total. The standard InChI is InChI=1S/C58H91NO16/c1-36-16-11-10-12-17-37(2)49(73-35-45-34-70-26-27-71-45)32-44-21-19-42(7)58(67,75-44)55(64)56(65)59-23-14-13-18-46(59)57(66)74-50(39(4)30-43-20-22-48(51(31-43)68-8)72-25-15-24-60)33-47(61)38(3)29-41(6)53(63)54(69-9)52(62)40(5)28-36/h10-12,16-17,29,36,38-40,42-46,48-51,53-54,60,63,67H,13-15,18-28,30-35H2,1-9H3/b12-10+,16-11+,37-17+,41-29+/t36-,38-,39-,40-,42-,43+,44+,45?,46+,48-,49-,50+,51-,53-,54+,58-/m1/s1. The lowest BCUT2D eigenvalue weighted by Gasteiger charge is -2.43. The number of cyclic esters (lactones) is 1. The van der Waals surface area contributed by atoms with Crippen LogP contribution in [0.2, 0.25) is 0 Å². The van der Waals surface area contributed by atoms with Crippen LogP contribution < -0.4 is 0 Å². The molecule has 1 unspecified atom stereocenters. The lowest BCUT2D eigenvalue weighted by Crippen LogP contribution is -2.61. The van der Waals surface area contributed by atoms with Gasteiger partial charge < -0.3 is 58.1 Å². The second kappa shape index (κ2) is 30.6. The van der Waals surface area contributed by atoms with E-state index in [1.54, 1.807) is 34.0 Å². The van der Waals surface area contributed by atoms with Crippen LogP contribution in [-0.4, -0.2) is 171 Å². The van der Waals surface area contributed by atoms with Crippen molar-refractivity contribution in [2.24, 2.45) is 35.5 Å². The second-order valence-corrected chi connectivity index (χ2v) is 22.2. The van der Waals surface area contributed by atoms with E-state index in [2.05, 4.69) is 0 Å². The molecule has 0 radical (unpaired) electrons. The molecule has 1 amide bonds. The summed E-state index contributed by atoms with van der Waals surface area (Å²) in [5.41, 5.74) is 1.23. The van der Waals surface area contributed by atoms with Crippen molar-refractivity contribution in [1.29, 1.82) is 0 Å². The van der Waals surface area contributed by atoms with Gasteiger partial charge in [-0.2, -0.15) is 0 Å². The molecule has 0 aromatic rings. The van der Waals surface area contributed by atoms with Gasteiger partial charge in [0.15, 0.2) is 5.78 Å². The normalized spacial score (nSPS) is 38.8. The molecule has 4 heterocycles. The van der Waals surface area contributed by atoms with Crippen LogP contribution in [0.3, 0.4) is 0 Å². The summed E-state index contributed by atoms with van der Waals surface area (Å²) in [4.78, 5) is 73.0. The van der Waals surface area contributed by atoms with Crippen LogP contribution in [-0.2, 0) is 61.9 Å². The van der Waals surface area contributed by atoms with Crippen LogP contribution in [0.5, 0.6) is 0 Å². The fourth-order valence-corrected chi connectivity index (χ4v) is 11.4. The predicted octanol–water partition coefficient (Wildman–Crippen LogP) is 6.37. The number of hydrogen-bond donors (Lipinski definition) is 3. The molecule has 17 heteroatoms. The van der Waals surface area contributed by atoms with E-state index in [-0.39, 0.29) is 86.7 Å². The fourth-order valence-electron chi connectivity index (χ4n) is 11.4. The number of fused-ring (bicyclic) bond motifs is 3. The van der Waals surface area contributed by atoms with Crippen molar-refractivity contribution in [2.45, 2.75) is 193 Å². The molecule has 424 valence electrons. The Morgan fingerprint density at radius 1 is 0.867 bits per heavy atom. The van der Waals surface area contributed by atoms with E-state index >= 15 is 0 Å². The minimum Gasteiger partial charge on any atom is -0.460 e. The Bertz CT molecular complexity index is 1980. The molecule has 2 bridgehead atoms. The zero-order valence-corrected chi connectivity index (χ0v) is 46.4. The number of rotatable bonds is 12. The highest BCUT2D eigenvalue weighted by Gasteiger charge is 2.53. The molecular weight excluding hydrogens is 967 g/mol. The van der Waals surface area contributed by atoms with Crippen LogP contribution in [0.1, 0.15) is 132 Å². The number of esters is 1. The second-order valence-electron chi connectivity index (χ2n) is 22.2. The number of nitrogens with zero attached hydrogens (tertiary/aromatic N) is 1. The first-order valence-corrected chi connectivity index (χ1v) is 27.8. The van der Waals surface area contributed by atoms with Crippen LogP contribution in [0.4, 0.5) is 0 Å². The summed E-state index contributed by atoms with van der Waals surface area (Å²) < 4.78 is 48.2. The van der Waals surface area contributed by atoms with E-state index in [0.717, 1.165) is 18.4 Å². The van der Waals surface area contributed by atoms with E-state index in [9.17, 15) is 39.3 Å². The molecule has 0 aromatic heterocycles. The van der Waals surface area contributed by atoms with Crippen molar-refractivity contribution < 1.29 is 77.2 Å². The van der Waals surface area contributed by atoms with E-state index in [4.69, 9.17) is 37.9 Å². The number of aliphatic hydroxyl groups is 3. The number of Topliss-reactive ketones (excluding diaryl/α,β-unsaturated/α-hetero) is 3. The van der Waals surface area contributed by atoms with E-state index in [1.165, 1.54) is 12.0 Å². The Balaban J connectivity index is 1.47. The first-order valence-electron chi connectivity index (χ1n) is 27.8. The van der Waals surface area contributed by atoms with Gasteiger partial charge in [0, 0.05) is 64.6 Å². The Kier molecular flexibility index (Phi) is 25.4. The Morgan fingerprint density at radius 3 is 2.35 bits per heavy atom. The molecule has 5 aliphatic rings. The number of ketones is 3. The first-order chi connectivity index (χ1) is 35.8. The summed E-state index contributed by atoms with van der Waals surface area (Å²) >= 11 is 0. The maximum atomic E-state index is 14.6. The van der Waals surface area contributed by atoms with Crippen molar-refractivity contribution in [1.82, 2.24) is 4.90 Å². The van der Waals surface area contributed by atoms with Crippen LogP contribution >= 0.6 is 0 Å². The predicted molar refractivity (Wildman–Crippen MR) is 280 cm³/mol. The minimum absolute atomic E-state index is 0.00959. The number of amides is 1. The van der Waals surface area contributed by atoms with Crippen molar-refractivity contribution in [2.75, 3.05) is 60.4 Å². The molecule has 16 atom stereocenters. The monoisotopic (exact) mass is 1060 g/mol. The minimum atomic E-state index is -2.48. The number of hydrogen-bond acceptors (Lipinski definition) is 16. The molecule has 5 rings (SSSR count). The van der Waals surface area contributed by atoms with Gasteiger partial charge in [-0.15, -0.1) is 0 Å². The van der Waals surface area contributed by atoms with Gasteiger partial charge in [0.1, 0.15) is 36.2 Å². The Labute approximate surface area is 446 Å². The number of aliphatic hydroxyl groups excluding tert-OH is 2. The number of carbonyl (C=O) groups excluding carboxylic acids is 5. The van der Waals surface area contributed by atoms with Crippen LogP contribution in [0.15, 0.2) is 47.6 Å². The van der Waals surface area contributed by atoms with Gasteiger partial charge >= 0.3 is 5.97 Å². The van der Waals surface area contributed by atoms with Gasteiger partial charge in [-0.25, -0.2) is 4.79 Å². The molecule has 1 saturated carbocycles. The molecular formula is C58H91NO16. The third-order valence-corrected chi connectivity index (χ3v) is 16.2. The van der Waals surface area contributed by atoms with Crippen LogP contribution in [0.25, 0.3) is 0 Å². The average molecular weight is 1060 g/mol. The highest BCUT2D eigenvalue weighted by molar-refractivity contribution is 6.39. The van der Waals surface area contributed by atoms with Crippen molar-refractivity contribution in [3.8, 4) is 0 Å². The van der Waals surface area contributed by atoms with Gasteiger partial charge in [0.2, 0.25) is 5.79 Å². The van der Waals surface area contributed by atoms with Gasteiger partial charge in [-0.3, -0.25) is 19.2 Å². The lowest BCUT2D eigenvalue weighted by molar-refractivity contribution is -0.266. The van der Waals surface area contributed by atoms with Crippen LogP contribution in [0, 0.1) is 35.5 Å². The molecule has 4 fully saturated rings. The van der Waals surface area contributed by atoms with Gasteiger partial charge in [0.25, 0.3) is 11.7 Å². The van der Waals surface area contributed by atoms with Gasteiger partial charge in [0.05, 0.1) is 50.8 Å².